The number of benzene rings is 2. The molecule has 0 spiro atoms. The van der Waals surface area contributed by atoms with Gasteiger partial charge in [0, 0.05) is 24.6 Å². The van der Waals surface area contributed by atoms with E-state index in [9.17, 15) is 9.59 Å². The molecule has 0 aliphatic heterocycles. The van der Waals surface area contributed by atoms with Crippen LogP contribution in [0.25, 0.3) is 22.4 Å². The van der Waals surface area contributed by atoms with E-state index in [0.717, 1.165) is 17.3 Å². The first-order valence-corrected chi connectivity index (χ1v) is 10.4. The summed E-state index contributed by atoms with van der Waals surface area (Å²) in [7, 11) is 3.37. The van der Waals surface area contributed by atoms with Crippen LogP contribution in [-0.2, 0) is 0 Å². The third-order valence-electron chi connectivity index (χ3n) is 4.63. The summed E-state index contributed by atoms with van der Waals surface area (Å²) in [5, 5.41) is 7.35. The van der Waals surface area contributed by atoms with Gasteiger partial charge < -0.3 is 14.7 Å². The van der Waals surface area contributed by atoms with Gasteiger partial charge in [-0.1, -0.05) is 47.6 Å². The van der Waals surface area contributed by atoms with Crippen LogP contribution >= 0.6 is 11.8 Å². The number of amides is 2. The molecule has 8 heteroatoms. The number of anilines is 1. The molecule has 0 unspecified atom stereocenters. The van der Waals surface area contributed by atoms with E-state index < -0.39 is 0 Å². The molecule has 2 aromatic heterocycles. The molecule has 7 nitrogen and oxygen atoms in total. The summed E-state index contributed by atoms with van der Waals surface area (Å²) in [4.78, 5) is 32.1. The van der Waals surface area contributed by atoms with Gasteiger partial charge in [0.05, 0.1) is 28.0 Å². The molecule has 31 heavy (non-hydrogen) atoms. The van der Waals surface area contributed by atoms with Crippen molar-refractivity contribution in [2.75, 3.05) is 19.4 Å². The van der Waals surface area contributed by atoms with Crippen LogP contribution in [0, 0.1) is 6.92 Å². The number of thioether (sulfide) groups is 1. The molecule has 2 amide bonds. The standard InChI is InChI=1S/C23H20N4O3S/c1-14-20-16(13-18(25-22(20)30-26-14)15-9-5-4-6-10-15)21(28)24-17-11-7-8-12-19(17)31-23(29)27(2)3/h4-13H,1-3H3,(H,24,28). The molecule has 2 aromatic carbocycles. The number of carbonyl (C=O) groups excluding carboxylic acids is 2. The van der Waals surface area contributed by atoms with Crippen molar-refractivity contribution in [2.24, 2.45) is 0 Å². The molecule has 4 rings (SSSR count). The second kappa shape index (κ2) is 8.61. The highest BCUT2D eigenvalue weighted by Crippen LogP contribution is 2.31. The summed E-state index contributed by atoms with van der Waals surface area (Å²) in [6, 6.07) is 18.5. The van der Waals surface area contributed by atoms with Gasteiger partial charge in [0.15, 0.2) is 0 Å². The lowest BCUT2D eigenvalue weighted by Crippen LogP contribution is -2.17. The fourth-order valence-electron chi connectivity index (χ4n) is 3.06. The molecule has 156 valence electrons. The number of para-hydroxylation sites is 1. The zero-order valence-corrected chi connectivity index (χ0v) is 18.1. The first-order chi connectivity index (χ1) is 14.9. The van der Waals surface area contributed by atoms with E-state index in [1.165, 1.54) is 4.90 Å². The summed E-state index contributed by atoms with van der Waals surface area (Å²) in [5.41, 5.74) is 3.31. The maximum atomic E-state index is 13.3. The Bertz CT molecular complexity index is 1270. The number of nitrogens with one attached hydrogen (secondary N) is 1. The Balaban J connectivity index is 1.74. The average molecular weight is 433 g/mol. The predicted molar refractivity (Wildman–Crippen MR) is 121 cm³/mol. The van der Waals surface area contributed by atoms with Crippen molar-refractivity contribution in [2.45, 2.75) is 11.8 Å². The summed E-state index contributed by atoms with van der Waals surface area (Å²) < 4.78 is 5.36. The van der Waals surface area contributed by atoms with E-state index in [1.54, 1.807) is 39.2 Å². The number of carbonyl (C=O) groups is 2. The maximum Gasteiger partial charge on any atom is 0.286 e. The highest BCUT2D eigenvalue weighted by atomic mass is 32.2. The minimum absolute atomic E-state index is 0.130. The lowest BCUT2D eigenvalue weighted by Gasteiger charge is -2.13. The molecule has 0 bridgehead atoms. The zero-order chi connectivity index (χ0) is 22.0. The number of hydrogen-bond acceptors (Lipinski definition) is 6. The molecule has 0 radical (unpaired) electrons. The predicted octanol–water partition coefficient (Wildman–Crippen LogP) is 5.22. The summed E-state index contributed by atoms with van der Waals surface area (Å²) in [6.45, 7) is 1.77. The van der Waals surface area contributed by atoms with Crippen LogP contribution in [0.3, 0.4) is 0 Å². The van der Waals surface area contributed by atoms with Gasteiger partial charge in [-0.25, -0.2) is 4.98 Å². The largest absolute Gasteiger partial charge is 0.339 e. The van der Waals surface area contributed by atoms with Gasteiger partial charge in [-0.05, 0) is 36.9 Å². The van der Waals surface area contributed by atoms with E-state index in [-0.39, 0.29) is 11.1 Å². The number of aryl methyl sites for hydroxylation is 1. The van der Waals surface area contributed by atoms with E-state index in [2.05, 4.69) is 15.5 Å². The van der Waals surface area contributed by atoms with Crippen LogP contribution in [0.1, 0.15) is 16.1 Å². The third-order valence-corrected chi connectivity index (χ3v) is 5.74. The maximum absolute atomic E-state index is 13.3. The monoisotopic (exact) mass is 432 g/mol. The van der Waals surface area contributed by atoms with Crippen LogP contribution in [0.2, 0.25) is 0 Å². The Labute approximate surface area is 183 Å². The molecule has 4 aromatic rings. The molecular weight excluding hydrogens is 412 g/mol. The van der Waals surface area contributed by atoms with Gasteiger partial charge in [-0.15, -0.1) is 0 Å². The normalized spacial score (nSPS) is 10.8. The Morgan fingerprint density at radius 1 is 1.03 bits per heavy atom. The number of hydrogen-bond donors (Lipinski definition) is 1. The van der Waals surface area contributed by atoms with Gasteiger partial charge in [-0.2, -0.15) is 0 Å². The minimum atomic E-state index is -0.332. The molecule has 0 fully saturated rings. The molecule has 1 N–H and O–H groups in total. The molecule has 0 saturated heterocycles. The highest BCUT2D eigenvalue weighted by molar-refractivity contribution is 8.13. The second-order valence-electron chi connectivity index (χ2n) is 7.08. The van der Waals surface area contributed by atoms with Gasteiger partial charge in [0.1, 0.15) is 0 Å². The van der Waals surface area contributed by atoms with E-state index in [1.807, 2.05) is 42.5 Å². The van der Waals surface area contributed by atoms with Crippen molar-refractivity contribution in [3.8, 4) is 11.3 Å². The Morgan fingerprint density at radius 3 is 2.48 bits per heavy atom. The Kier molecular flexibility index (Phi) is 5.73. The number of pyridine rings is 1. The second-order valence-corrected chi connectivity index (χ2v) is 8.08. The van der Waals surface area contributed by atoms with Crippen LogP contribution in [0.5, 0.6) is 0 Å². The Hall–Kier alpha value is -3.65. The smallest absolute Gasteiger partial charge is 0.286 e. The van der Waals surface area contributed by atoms with Crippen LogP contribution in [0.4, 0.5) is 10.5 Å². The molecule has 0 aliphatic rings. The summed E-state index contributed by atoms with van der Waals surface area (Å²) in [6.07, 6.45) is 0. The lowest BCUT2D eigenvalue weighted by atomic mass is 10.0. The first kappa shape index (κ1) is 20.6. The summed E-state index contributed by atoms with van der Waals surface area (Å²) >= 11 is 1.05. The van der Waals surface area contributed by atoms with Crippen LogP contribution in [0.15, 0.2) is 70.1 Å². The van der Waals surface area contributed by atoms with Crippen molar-refractivity contribution >= 4 is 39.7 Å². The van der Waals surface area contributed by atoms with Crippen molar-refractivity contribution in [1.82, 2.24) is 15.0 Å². The highest BCUT2D eigenvalue weighted by Gasteiger charge is 2.21. The molecule has 0 saturated carbocycles. The van der Waals surface area contributed by atoms with Crippen molar-refractivity contribution in [1.29, 1.82) is 0 Å². The summed E-state index contributed by atoms with van der Waals surface area (Å²) in [5.74, 6) is -0.332. The van der Waals surface area contributed by atoms with E-state index >= 15 is 0 Å². The average Bonchev–Trinajstić information content (AvgIpc) is 3.15. The van der Waals surface area contributed by atoms with Crippen molar-refractivity contribution in [3.05, 3.63) is 71.9 Å². The van der Waals surface area contributed by atoms with Gasteiger partial charge in [-0.3, -0.25) is 9.59 Å². The number of aromatic nitrogens is 2. The fourth-order valence-corrected chi connectivity index (χ4v) is 3.81. The Morgan fingerprint density at radius 2 is 1.74 bits per heavy atom. The van der Waals surface area contributed by atoms with Crippen LogP contribution in [-0.4, -0.2) is 40.3 Å². The third kappa shape index (κ3) is 4.29. The van der Waals surface area contributed by atoms with E-state index in [0.29, 0.717) is 38.6 Å². The molecule has 0 aliphatic carbocycles. The number of fused-ring (bicyclic) bond motifs is 1. The van der Waals surface area contributed by atoms with Crippen molar-refractivity contribution < 1.29 is 14.1 Å². The quantitative estimate of drug-likeness (QED) is 0.445. The van der Waals surface area contributed by atoms with Gasteiger partial charge in [0.2, 0.25) is 0 Å². The van der Waals surface area contributed by atoms with Gasteiger partial charge in [0.25, 0.3) is 16.9 Å². The number of rotatable bonds is 4. The topological polar surface area (TPSA) is 88.3 Å². The van der Waals surface area contributed by atoms with E-state index in [4.69, 9.17) is 4.52 Å². The fraction of sp³-hybridized carbons (Fsp3) is 0.130. The SMILES string of the molecule is Cc1noc2nc(-c3ccccc3)cc(C(=O)Nc3ccccc3SC(=O)N(C)C)c12. The van der Waals surface area contributed by atoms with Crippen molar-refractivity contribution in [3.63, 3.8) is 0 Å². The molecular formula is C23H20N4O3S. The van der Waals surface area contributed by atoms with Crippen LogP contribution < -0.4 is 5.32 Å². The lowest BCUT2D eigenvalue weighted by molar-refractivity contribution is 0.102. The molecule has 2 heterocycles. The first-order valence-electron chi connectivity index (χ1n) is 9.56. The molecule has 0 atom stereocenters. The van der Waals surface area contributed by atoms with Gasteiger partial charge >= 0.3 is 0 Å². The minimum Gasteiger partial charge on any atom is -0.339 e. The zero-order valence-electron chi connectivity index (χ0n) is 17.2. The number of nitrogens with zero attached hydrogens (tertiary/aromatic N) is 3.